The zero-order valence-corrected chi connectivity index (χ0v) is 22.1. The van der Waals surface area contributed by atoms with Crippen LogP contribution in [0.1, 0.15) is 26.7 Å². The first-order valence-electron chi connectivity index (χ1n) is 10.1. The van der Waals surface area contributed by atoms with E-state index in [4.69, 9.17) is 9.40 Å². The Kier molecular flexibility index (Phi) is 7.67. The van der Waals surface area contributed by atoms with E-state index in [1.54, 1.807) is 11.8 Å². The lowest BCUT2D eigenvalue weighted by atomic mass is 9.97. The Labute approximate surface area is 207 Å². The van der Waals surface area contributed by atoms with Crippen LogP contribution in [0.25, 0.3) is 0 Å². The van der Waals surface area contributed by atoms with Gasteiger partial charge < -0.3 is 28.4 Å². The van der Waals surface area contributed by atoms with E-state index < -0.39 is 7.26 Å². The van der Waals surface area contributed by atoms with Crippen LogP contribution in [0.2, 0.25) is 0 Å². The summed E-state index contributed by atoms with van der Waals surface area (Å²) >= 11 is 1.64. The van der Waals surface area contributed by atoms with Crippen LogP contribution in [-0.4, -0.2) is 11.2 Å². The number of oxazole rings is 1. The van der Waals surface area contributed by atoms with Gasteiger partial charge in [0.05, 0.1) is 0 Å². The van der Waals surface area contributed by atoms with Gasteiger partial charge in [0.15, 0.2) is 7.26 Å². The molecule has 0 saturated carbocycles. The lowest BCUT2D eigenvalue weighted by molar-refractivity contribution is -0.00000666. The fraction of sp³-hybridized carbons (Fsp3) is 0.192. The van der Waals surface area contributed by atoms with Gasteiger partial charge in [-0.05, 0) is 42.7 Å². The van der Waals surface area contributed by atoms with E-state index in [-0.39, 0.29) is 29.4 Å². The van der Waals surface area contributed by atoms with Crippen LogP contribution in [0.4, 0.5) is 0 Å². The third-order valence-corrected chi connectivity index (χ3v) is 10.1. The normalized spacial score (nSPS) is 11.7. The Balaban J connectivity index is 0.00000272. The number of benzene rings is 3. The highest BCUT2D eigenvalue weighted by atomic mass is 127. The molecule has 0 bridgehead atoms. The minimum Gasteiger partial charge on any atom is -1.00 e. The number of rotatable bonds is 5. The summed E-state index contributed by atoms with van der Waals surface area (Å²) in [6, 6.07) is 32.4. The van der Waals surface area contributed by atoms with Crippen molar-refractivity contribution in [2.24, 2.45) is 0 Å². The Bertz CT molecular complexity index is 1010. The third-order valence-electron chi connectivity index (χ3n) is 5.15. The van der Waals surface area contributed by atoms with Crippen LogP contribution in [0, 0.1) is 0 Å². The van der Waals surface area contributed by atoms with Gasteiger partial charge >= 0.3 is 0 Å². The topological polar surface area (TPSA) is 26.0 Å². The van der Waals surface area contributed by atoms with Crippen LogP contribution in [0.15, 0.2) is 101 Å². The van der Waals surface area contributed by atoms with Gasteiger partial charge in [0.1, 0.15) is 15.9 Å². The monoisotopic (exact) mass is 559 g/mol. The molecule has 0 radical (unpaired) electrons. The van der Waals surface area contributed by atoms with E-state index in [9.17, 15) is 0 Å². The molecule has 5 heteroatoms. The summed E-state index contributed by atoms with van der Waals surface area (Å²) in [5.41, 5.74) is 0.895. The van der Waals surface area contributed by atoms with E-state index in [0.29, 0.717) is 0 Å². The molecule has 0 N–H and O–H groups in total. The van der Waals surface area contributed by atoms with E-state index in [1.165, 1.54) is 15.9 Å². The van der Waals surface area contributed by atoms with Gasteiger partial charge in [-0.3, -0.25) is 0 Å². The van der Waals surface area contributed by atoms with Crippen molar-refractivity contribution >= 4 is 40.4 Å². The summed E-state index contributed by atoms with van der Waals surface area (Å²) in [5, 5.41) is 4.76. The van der Waals surface area contributed by atoms with Crippen molar-refractivity contribution in [3.05, 3.63) is 96.9 Å². The molecule has 2 nitrogen and oxygen atoms in total. The maximum atomic E-state index is 6.38. The van der Waals surface area contributed by atoms with Crippen molar-refractivity contribution in [3.8, 4) is 0 Å². The van der Waals surface area contributed by atoms with Gasteiger partial charge in [-0.15, -0.1) is 0 Å². The van der Waals surface area contributed by atoms with Crippen molar-refractivity contribution in [2.45, 2.75) is 31.3 Å². The van der Waals surface area contributed by atoms with E-state index >= 15 is 0 Å². The Morgan fingerprint density at radius 2 is 1.10 bits per heavy atom. The minimum atomic E-state index is -2.23. The van der Waals surface area contributed by atoms with E-state index in [2.05, 4.69) is 118 Å². The minimum absolute atomic E-state index is 0. The summed E-state index contributed by atoms with van der Waals surface area (Å²) in [5.74, 6) is 0.786. The molecule has 0 atom stereocenters. The van der Waals surface area contributed by atoms with Crippen molar-refractivity contribution in [3.63, 3.8) is 0 Å². The zero-order valence-electron chi connectivity index (χ0n) is 18.2. The number of halogens is 1. The van der Waals surface area contributed by atoms with Gasteiger partial charge in [-0.1, -0.05) is 87.1 Å². The highest BCUT2D eigenvalue weighted by molar-refractivity contribution is 8.04. The summed E-state index contributed by atoms with van der Waals surface area (Å²) in [6.07, 6.45) is 2.08. The molecule has 160 valence electrons. The second kappa shape index (κ2) is 9.89. The second-order valence-electron chi connectivity index (χ2n) is 8.26. The van der Waals surface area contributed by atoms with Crippen molar-refractivity contribution in [1.82, 2.24) is 4.98 Å². The maximum absolute atomic E-state index is 6.38. The van der Waals surface area contributed by atoms with Crippen molar-refractivity contribution in [2.75, 3.05) is 6.26 Å². The molecule has 0 unspecified atom stereocenters. The Morgan fingerprint density at radius 1 is 0.710 bits per heavy atom. The van der Waals surface area contributed by atoms with Gasteiger partial charge in [-0.25, -0.2) is 0 Å². The molecular formula is C26H27INOPS. The summed E-state index contributed by atoms with van der Waals surface area (Å²) in [4.78, 5) is 5.22. The van der Waals surface area contributed by atoms with Gasteiger partial charge in [0.25, 0.3) is 5.44 Å². The summed E-state index contributed by atoms with van der Waals surface area (Å²) in [7, 11) is -2.23. The van der Waals surface area contributed by atoms with E-state index in [1.807, 2.05) is 0 Å². The second-order valence-corrected chi connectivity index (χ2v) is 12.4. The number of aromatic nitrogens is 1. The zero-order chi connectivity index (χ0) is 21.2. The Hall–Kier alpha value is -1.62. The standard InChI is InChI=1S/C26H27NOPS.HI/c1-26(2,3)25-27-23(24(28-25)30-4)29(20-14-8-5-9-15-20,21-16-10-6-11-17-21)22-18-12-7-13-19-22;/h5-19H,1-4H3;1H/q+1;/p-1. The molecule has 0 spiro atoms. The highest BCUT2D eigenvalue weighted by Crippen LogP contribution is 2.55. The first-order valence-corrected chi connectivity index (χ1v) is 13.1. The molecule has 0 aliphatic carbocycles. The molecule has 4 aromatic rings. The number of hydrogen-bond acceptors (Lipinski definition) is 3. The predicted molar refractivity (Wildman–Crippen MR) is 132 cm³/mol. The number of thioether (sulfide) groups is 1. The molecule has 4 rings (SSSR count). The SMILES string of the molecule is CSc1oc(C(C)(C)C)nc1[P+](c1ccccc1)(c1ccccc1)c1ccccc1.[I-]. The lowest BCUT2D eigenvalue weighted by Crippen LogP contribution is -3.00. The lowest BCUT2D eigenvalue weighted by Gasteiger charge is -2.25. The molecule has 31 heavy (non-hydrogen) atoms. The number of nitrogens with zero attached hydrogens (tertiary/aromatic N) is 1. The fourth-order valence-corrected chi connectivity index (χ4v) is 8.85. The Morgan fingerprint density at radius 3 is 1.42 bits per heavy atom. The molecule has 3 aromatic carbocycles. The smallest absolute Gasteiger partial charge is 0.250 e. The molecule has 0 fully saturated rings. The number of hydrogen-bond donors (Lipinski definition) is 0. The average Bonchev–Trinajstić information content (AvgIpc) is 3.22. The van der Waals surface area contributed by atoms with Gasteiger partial charge in [0.2, 0.25) is 11.0 Å². The first-order chi connectivity index (χ1) is 14.5. The van der Waals surface area contributed by atoms with Gasteiger partial charge in [-0.2, -0.15) is 4.98 Å². The van der Waals surface area contributed by atoms with Crippen LogP contribution >= 0.6 is 19.0 Å². The van der Waals surface area contributed by atoms with E-state index in [0.717, 1.165) is 16.4 Å². The molecular weight excluding hydrogens is 532 g/mol. The quantitative estimate of drug-likeness (QED) is 0.214. The molecule has 1 aromatic heterocycles. The molecule has 1 heterocycles. The summed E-state index contributed by atoms with van der Waals surface area (Å²) < 4.78 is 6.38. The maximum Gasteiger partial charge on any atom is 0.250 e. The van der Waals surface area contributed by atoms with Gasteiger partial charge in [0, 0.05) is 5.41 Å². The van der Waals surface area contributed by atoms with Crippen LogP contribution in [-0.2, 0) is 5.41 Å². The van der Waals surface area contributed by atoms with Crippen molar-refractivity contribution in [1.29, 1.82) is 0 Å². The molecule has 0 aliphatic rings. The summed E-state index contributed by atoms with van der Waals surface area (Å²) in [6.45, 7) is 6.46. The fourth-order valence-electron chi connectivity index (χ4n) is 3.73. The largest absolute Gasteiger partial charge is 1.00 e. The van der Waals surface area contributed by atoms with Crippen LogP contribution < -0.4 is 45.3 Å². The predicted octanol–water partition coefficient (Wildman–Crippen LogP) is 2.32. The molecule has 0 saturated heterocycles. The average molecular weight is 559 g/mol. The highest BCUT2D eigenvalue weighted by Gasteiger charge is 2.53. The van der Waals surface area contributed by atoms with Crippen LogP contribution in [0.5, 0.6) is 0 Å². The molecule has 0 amide bonds. The molecule has 0 aliphatic heterocycles. The van der Waals surface area contributed by atoms with Crippen molar-refractivity contribution < 1.29 is 28.4 Å². The third kappa shape index (κ3) is 4.48. The van der Waals surface area contributed by atoms with Crippen LogP contribution in [0.3, 0.4) is 0 Å². The first kappa shape index (κ1) is 24.0.